The summed E-state index contributed by atoms with van der Waals surface area (Å²) in [4.78, 5) is 0. The lowest BCUT2D eigenvalue weighted by molar-refractivity contribution is 0.141. The molecule has 0 unspecified atom stereocenters. The molecule has 1 fully saturated rings. The minimum absolute atomic E-state index is 0.479. The van der Waals surface area contributed by atoms with Crippen LogP contribution in [0.3, 0.4) is 0 Å². The summed E-state index contributed by atoms with van der Waals surface area (Å²) in [5.74, 6) is 3.40. The molecule has 0 bridgehead atoms. The predicted octanol–water partition coefficient (Wildman–Crippen LogP) is 2.61. The molecule has 0 heterocycles. The van der Waals surface area contributed by atoms with Crippen LogP contribution in [0.25, 0.3) is 0 Å². The molecule has 1 saturated carbocycles. The van der Waals surface area contributed by atoms with Gasteiger partial charge in [0.15, 0.2) is 0 Å². The molecular weight excluding hydrogens is 148 g/mol. The molecule has 0 aromatic rings. The Morgan fingerprint density at radius 3 is 2.67 bits per heavy atom. The number of hydrogen-bond donors (Lipinski definition) is 0. The standard InChI is InChI=1S/C11H18O/c1-2-9-12-10-8-11-6-4-3-5-7-11/h1,11H,3-10H2. The molecule has 0 atom stereocenters. The van der Waals surface area contributed by atoms with Crippen LogP contribution in [0.4, 0.5) is 0 Å². The second-order valence-electron chi connectivity index (χ2n) is 3.55. The number of rotatable bonds is 4. The molecule has 0 spiro atoms. The summed E-state index contributed by atoms with van der Waals surface area (Å²) in [7, 11) is 0. The highest BCUT2D eigenvalue weighted by atomic mass is 16.5. The van der Waals surface area contributed by atoms with Crippen LogP contribution in [0.1, 0.15) is 38.5 Å². The van der Waals surface area contributed by atoms with Crippen LogP contribution in [-0.2, 0) is 4.74 Å². The average molecular weight is 166 g/mol. The molecule has 1 aliphatic rings. The zero-order valence-electron chi connectivity index (χ0n) is 7.72. The van der Waals surface area contributed by atoms with E-state index in [1.54, 1.807) is 0 Å². The minimum Gasteiger partial charge on any atom is -0.369 e. The van der Waals surface area contributed by atoms with Crippen molar-refractivity contribution in [1.82, 2.24) is 0 Å². The fourth-order valence-corrected chi connectivity index (χ4v) is 1.86. The summed E-state index contributed by atoms with van der Waals surface area (Å²) in [6, 6.07) is 0. The number of ether oxygens (including phenoxy) is 1. The van der Waals surface area contributed by atoms with Crippen LogP contribution in [0.2, 0.25) is 0 Å². The van der Waals surface area contributed by atoms with E-state index in [0.29, 0.717) is 6.61 Å². The molecule has 1 heteroatoms. The Morgan fingerprint density at radius 2 is 2.00 bits per heavy atom. The molecule has 0 amide bonds. The lowest BCUT2D eigenvalue weighted by Crippen LogP contribution is -2.09. The first-order chi connectivity index (χ1) is 5.93. The van der Waals surface area contributed by atoms with Gasteiger partial charge in [-0.25, -0.2) is 0 Å². The van der Waals surface area contributed by atoms with E-state index in [-0.39, 0.29) is 0 Å². The Balaban J connectivity index is 1.95. The van der Waals surface area contributed by atoms with Gasteiger partial charge in [0.05, 0.1) is 0 Å². The van der Waals surface area contributed by atoms with Crippen molar-refractivity contribution < 1.29 is 4.74 Å². The number of hydrogen-bond acceptors (Lipinski definition) is 1. The molecule has 1 aliphatic carbocycles. The highest BCUT2D eigenvalue weighted by molar-refractivity contribution is 4.82. The van der Waals surface area contributed by atoms with Crippen LogP contribution in [0, 0.1) is 18.3 Å². The lowest BCUT2D eigenvalue weighted by Gasteiger charge is -2.20. The summed E-state index contributed by atoms with van der Waals surface area (Å²) in [6.45, 7) is 1.33. The average Bonchev–Trinajstić information content (AvgIpc) is 2.14. The van der Waals surface area contributed by atoms with Crippen molar-refractivity contribution in [2.24, 2.45) is 5.92 Å². The summed E-state index contributed by atoms with van der Waals surface area (Å²) in [5, 5.41) is 0. The molecule has 0 saturated heterocycles. The fourth-order valence-electron chi connectivity index (χ4n) is 1.86. The Bertz CT molecular complexity index is 140. The van der Waals surface area contributed by atoms with Gasteiger partial charge in [-0.1, -0.05) is 38.0 Å². The van der Waals surface area contributed by atoms with E-state index in [0.717, 1.165) is 12.5 Å². The monoisotopic (exact) mass is 166 g/mol. The normalized spacial score (nSPS) is 18.9. The highest BCUT2D eigenvalue weighted by Crippen LogP contribution is 2.25. The van der Waals surface area contributed by atoms with Crippen molar-refractivity contribution in [2.75, 3.05) is 13.2 Å². The molecule has 0 radical (unpaired) electrons. The first-order valence-corrected chi connectivity index (χ1v) is 4.94. The maximum atomic E-state index is 5.25. The maximum Gasteiger partial charge on any atom is 0.107 e. The zero-order chi connectivity index (χ0) is 8.65. The first-order valence-electron chi connectivity index (χ1n) is 4.94. The third kappa shape index (κ3) is 3.78. The molecule has 12 heavy (non-hydrogen) atoms. The van der Waals surface area contributed by atoms with E-state index in [1.807, 2.05) is 0 Å². The van der Waals surface area contributed by atoms with Crippen molar-refractivity contribution >= 4 is 0 Å². The molecule has 1 nitrogen and oxygen atoms in total. The second kappa shape index (κ2) is 6.08. The summed E-state index contributed by atoms with van der Waals surface area (Å²) in [5.41, 5.74) is 0. The van der Waals surface area contributed by atoms with Gasteiger partial charge >= 0.3 is 0 Å². The van der Waals surface area contributed by atoms with E-state index >= 15 is 0 Å². The van der Waals surface area contributed by atoms with Gasteiger partial charge in [0.2, 0.25) is 0 Å². The van der Waals surface area contributed by atoms with Crippen molar-refractivity contribution in [3.8, 4) is 12.3 Å². The SMILES string of the molecule is C#CCOCCC1CCCCC1. The first kappa shape index (κ1) is 9.61. The molecular formula is C11H18O. The quantitative estimate of drug-likeness (QED) is 0.461. The van der Waals surface area contributed by atoms with Crippen molar-refractivity contribution in [3.05, 3.63) is 0 Å². The van der Waals surface area contributed by atoms with E-state index < -0.39 is 0 Å². The van der Waals surface area contributed by atoms with E-state index in [2.05, 4.69) is 5.92 Å². The van der Waals surface area contributed by atoms with Gasteiger partial charge in [0, 0.05) is 6.61 Å². The van der Waals surface area contributed by atoms with Crippen molar-refractivity contribution in [1.29, 1.82) is 0 Å². The van der Waals surface area contributed by atoms with Gasteiger partial charge in [-0.15, -0.1) is 6.42 Å². The zero-order valence-corrected chi connectivity index (χ0v) is 7.72. The second-order valence-corrected chi connectivity index (χ2v) is 3.55. The van der Waals surface area contributed by atoms with Crippen LogP contribution in [0.5, 0.6) is 0 Å². The van der Waals surface area contributed by atoms with Gasteiger partial charge in [0.1, 0.15) is 6.61 Å². The molecule has 0 N–H and O–H groups in total. The van der Waals surface area contributed by atoms with Gasteiger partial charge in [-0.3, -0.25) is 0 Å². The Hall–Kier alpha value is -0.480. The minimum atomic E-state index is 0.479. The van der Waals surface area contributed by atoms with Crippen molar-refractivity contribution in [2.45, 2.75) is 38.5 Å². The van der Waals surface area contributed by atoms with Crippen LogP contribution in [0.15, 0.2) is 0 Å². The molecule has 68 valence electrons. The van der Waals surface area contributed by atoms with Crippen LogP contribution >= 0.6 is 0 Å². The Labute approximate surface area is 75.5 Å². The van der Waals surface area contributed by atoms with Gasteiger partial charge in [-0.2, -0.15) is 0 Å². The summed E-state index contributed by atoms with van der Waals surface area (Å²) in [6.07, 6.45) is 13.4. The van der Waals surface area contributed by atoms with E-state index in [9.17, 15) is 0 Å². The third-order valence-corrected chi connectivity index (χ3v) is 2.58. The molecule has 0 aliphatic heterocycles. The predicted molar refractivity (Wildman–Crippen MR) is 50.8 cm³/mol. The van der Waals surface area contributed by atoms with Crippen LogP contribution in [-0.4, -0.2) is 13.2 Å². The topological polar surface area (TPSA) is 9.23 Å². The Kier molecular flexibility index (Phi) is 4.87. The summed E-state index contributed by atoms with van der Waals surface area (Å²) >= 11 is 0. The fraction of sp³-hybridized carbons (Fsp3) is 0.818. The third-order valence-electron chi connectivity index (χ3n) is 2.58. The molecule has 1 rings (SSSR count). The smallest absolute Gasteiger partial charge is 0.107 e. The van der Waals surface area contributed by atoms with E-state index in [4.69, 9.17) is 11.2 Å². The highest BCUT2D eigenvalue weighted by Gasteiger charge is 2.12. The largest absolute Gasteiger partial charge is 0.369 e. The van der Waals surface area contributed by atoms with Gasteiger partial charge < -0.3 is 4.74 Å². The summed E-state index contributed by atoms with van der Waals surface area (Å²) < 4.78 is 5.25. The molecule has 0 aromatic heterocycles. The maximum absolute atomic E-state index is 5.25. The molecule has 0 aromatic carbocycles. The van der Waals surface area contributed by atoms with Crippen LogP contribution < -0.4 is 0 Å². The van der Waals surface area contributed by atoms with E-state index in [1.165, 1.54) is 38.5 Å². The van der Waals surface area contributed by atoms with Crippen molar-refractivity contribution in [3.63, 3.8) is 0 Å². The lowest BCUT2D eigenvalue weighted by atomic mass is 9.87. The number of terminal acetylenes is 1. The Morgan fingerprint density at radius 1 is 1.25 bits per heavy atom. The van der Waals surface area contributed by atoms with Gasteiger partial charge in [0.25, 0.3) is 0 Å². The van der Waals surface area contributed by atoms with Gasteiger partial charge in [-0.05, 0) is 12.3 Å².